The molecule has 1 aromatic rings. The van der Waals surface area contributed by atoms with Crippen molar-refractivity contribution in [1.29, 1.82) is 5.41 Å². The molecule has 0 spiro atoms. The van der Waals surface area contributed by atoms with E-state index in [0.29, 0.717) is 32.1 Å². The maximum Gasteiger partial charge on any atom is 0.322 e. The predicted octanol–water partition coefficient (Wildman–Crippen LogP) is 2.23. The van der Waals surface area contributed by atoms with Crippen LogP contribution in [0.15, 0.2) is 18.2 Å². The van der Waals surface area contributed by atoms with Gasteiger partial charge in [-0.3, -0.25) is 15.0 Å². The first kappa shape index (κ1) is 23.7. The second kappa shape index (κ2) is 8.85. The van der Waals surface area contributed by atoms with Gasteiger partial charge < -0.3 is 25.2 Å². The minimum absolute atomic E-state index is 0.122. The molecule has 4 heterocycles. The number of ether oxygens (including phenoxy) is 1. The number of benzene rings is 1. The van der Waals surface area contributed by atoms with Crippen molar-refractivity contribution in [3.63, 3.8) is 0 Å². The summed E-state index contributed by atoms with van der Waals surface area (Å²) in [6.07, 6.45) is 4.71. The molecule has 6 rings (SSSR count). The number of hydrogen-bond donors (Lipinski definition) is 3. The fraction of sp³-hybridized carbons (Fsp3) is 0.583. The molecule has 1 aromatic carbocycles. The highest BCUT2D eigenvalue weighted by atomic mass is 19.3. The van der Waals surface area contributed by atoms with Gasteiger partial charge in [0.15, 0.2) is 0 Å². The molecule has 3 unspecified atom stereocenters. The number of carbonyl (C=O) groups is 3. The van der Waals surface area contributed by atoms with Crippen LogP contribution in [0, 0.1) is 5.41 Å². The van der Waals surface area contributed by atoms with Gasteiger partial charge in [0.2, 0.25) is 0 Å². The van der Waals surface area contributed by atoms with Gasteiger partial charge in [-0.1, -0.05) is 25.0 Å². The van der Waals surface area contributed by atoms with Crippen molar-refractivity contribution in [1.82, 2.24) is 20.4 Å². The third kappa shape index (κ3) is 4.61. The summed E-state index contributed by atoms with van der Waals surface area (Å²) < 4.78 is 32.0. The molecule has 4 amide bonds. The first-order valence-electron chi connectivity index (χ1n) is 12.0. The number of carbonyl (C=O) groups excluding carboxylic acids is 3. The van der Waals surface area contributed by atoms with Gasteiger partial charge in [0.25, 0.3) is 11.8 Å². The van der Waals surface area contributed by atoms with Gasteiger partial charge in [0, 0.05) is 44.1 Å². The van der Waals surface area contributed by atoms with Crippen molar-refractivity contribution in [2.24, 2.45) is 0 Å². The zero-order valence-electron chi connectivity index (χ0n) is 19.5. The molecule has 4 aliphatic heterocycles. The lowest BCUT2D eigenvalue weighted by Crippen LogP contribution is -2.63. The van der Waals surface area contributed by atoms with Crippen LogP contribution >= 0.6 is 0 Å². The summed E-state index contributed by atoms with van der Waals surface area (Å²) in [5.74, 6) is -5.90. The molecule has 1 saturated carbocycles. The SMILES string of the molecule is CC(F)(F)C(=O)NC(=N)c1ccc2c(c1)C(=O)N(C1CCCC[C@H]1NC(=O)N1CC3CC(C1)O3)C2. The first-order chi connectivity index (χ1) is 16.6. The second-order valence-electron chi connectivity index (χ2n) is 9.95. The highest BCUT2D eigenvalue weighted by Crippen LogP contribution is 2.33. The van der Waals surface area contributed by atoms with E-state index in [1.54, 1.807) is 15.9 Å². The number of fused-ring (bicyclic) bond motifs is 3. The van der Waals surface area contributed by atoms with Crippen LogP contribution in [0.4, 0.5) is 13.6 Å². The Kier molecular flexibility index (Phi) is 5.98. The van der Waals surface area contributed by atoms with Crippen molar-refractivity contribution >= 4 is 23.7 Å². The number of nitrogens with zero attached hydrogens (tertiary/aromatic N) is 2. The number of morpholine rings is 1. The largest absolute Gasteiger partial charge is 0.371 e. The van der Waals surface area contributed by atoms with Gasteiger partial charge in [-0.2, -0.15) is 8.78 Å². The minimum atomic E-state index is -3.61. The second-order valence-corrected chi connectivity index (χ2v) is 9.95. The lowest BCUT2D eigenvalue weighted by atomic mass is 9.89. The van der Waals surface area contributed by atoms with E-state index >= 15 is 0 Å². The van der Waals surface area contributed by atoms with Crippen LogP contribution < -0.4 is 10.6 Å². The lowest BCUT2D eigenvalue weighted by Gasteiger charge is -2.47. The molecule has 4 atom stereocenters. The fourth-order valence-corrected chi connectivity index (χ4v) is 5.47. The normalized spacial score (nSPS) is 27.7. The number of halogens is 2. The van der Waals surface area contributed by atoms with Crippen LogP contribution in [0.3, 0.4) is 0 Å². The Morgan fingerprint density at radius 3 is 2.54 bits per heavy atom. The van der Waals surface area contributed by atoms with Crippen LogP contribution in [-0.2, 0) is 16.1 Å². The zero-order chi connectivity index (χ0) is 24.9. The van der Waals surface area contributed by atoms with Crippen LogP contribution in [0.1, 0.15) is 60.5 Å². The van der Waals surface area contributed by atoms with E-state index in [9.17, 15) is 23.2 Å². The molecule has 35 heavy (non-hydrogen) atoms. The Morgan fingerprint density at radius 1 is 1.17 bits per heavy atom. The van der Waals surface area contributed by atoms with Crippen molar-refractivity contribution in [3.05, 3.63) is 34.9 Å². The highest BCUT2D eigenvalue weighted by molar-refractivity contribution is 6.09. The van der Waals surface area contributed by atoms with E-state index in [4.69, 9.17) is 10.1 Å². The molecule has 0 radical (unpaired) electrons. The maximum atomic E-state index is 13.3. The quantitative estimate of drug-likeness (QED) is 0.445. The summed E-state index contributed by atoms with van der Waals surface area (Å²) in [7, 11) is 0. The van der Waals surface area contributed by atoms with E-state index in [1.807, 2.05) is 5.32 Å². The summed E-state index contributed by atoms with van der Waals surface area (Å²) in [5.41, 5.74) is 1.33. The van der Waals surface area contributed by atoms with Gasteiger partial charge in [0.1, 0.15) is 5.84 Å². The van der Waals surface area contributed by atoms with Crippen molar-refractivity contribution in [2.75, 3.05) is 13.1 Å². The molecule has 3 saturated heterocycles. The molecule has 188 valence electrons. The number of hydrogen-bond acceptors (Lipinski definition) is 5. The van der Waals surface area contributed by atoms with Crippen LogP contribution in [0.2, 0.25) is 0 Å². The van der Waals surface area contributed by atoms with E-state index < -0.39 is 17.7 Å². The number of alkyl halides is 2. The molecule has 11 heteroatoms. The molecule has 3 N–H and O–H groups in total. The Balaban J connectivity index is 1.27. The van der Waals surface area contributed by atoms with E-state index in [1.165, 1.54) is 12.1 Å². The average molecular weight is 490 g/mol. The Morgan fingerprint density at radius 2 is 1.86 bits per heavy atom. The molecule has 5 aliphatic rings. The maximum absolute atomic E-state index is 13.3. The summed E-state index contributed by atoms with van der Waals surface area (Å²) >= 11 is 0. The Labute approximate surface area is 201 Å². The summed E-state index contributed by atoms with van der Waals surface area (Å²) in [6, 6.07) is 4.23. The van der Waals surface area contributed by atoms with Gasteiger partial charge in [0.05, 0.1) is 24.3 Å². The van der Waals surface area contributed by atoms with Crippen molar-refractivity contribution in [3.8, 4) is 0 Å². The number of amides is 4. The molecule has 4 fully saturated rings. The minimum Gasteiger partial charge on any atom is -0.371 e. The van der Waals surface area contributed by atoms with Crippen LogP contribution in [0.25, 0.3) is 0 Å². The smallest absolute Gasteiger partial charge is 0.322 e. The topological polar surface area (TPSA) is 115 Å². The third-order valence-electron chi connectivity index (χ3n) is 7.35. The van der Waals surface area contributed by atoms with Gasteiger partial charge >= 0.3 is 12.0 Å². The molecule has 1 aliphatic carbocycles. The summed E-state index contributed by atoms with van der Waals surface area (Å²) in [4.78, 5) is 41.4. The summed E-state index contributed by atoms with van der Waals surface area (Å²) in [6.45, 7) is 2.01. The lowest BCUT2D eigenvalue weighted by molar-refractivity contribution is -0.170. The zero-order valence-corrected chi connectivity index (χ0v) is 19.5. The predicted molar refractivity (Wildman–Crippen MR) is 121 cm³/mol. The number of piperidine rings is 1. The standard InChI is InChI=1S/C24H29F2N5O4/c1-24(25,26)22(33)29-20(27)13-6-7-14-10-31(21(32)17(14)8-13)19-5-3-2-4-18(19)28-23(34)30-11-15-9-16(12-30)35-15/h6-8,15-16,18-19H,2-5,9-12H2,1H3,(H,28,34)(H2,27,29,33)/t15?,16?,18-,19?/m1/s1. The summed E-state index contributed by atoms with van der Waals surface area (Å²) in [5, 5.41) is 13.0. The van der Waals surface area contributed by atoms with E-state index in [-0.39, 0.29) is 41.8 Å². The van der Waals surface area contributed by atoms with Crippen molar-refractivity contribution < 1.29 is 27.9 Å². The van der Waals surface area contributed by atoms with Gasteiger partial charge in [-0.15, -0.1) is 0 Å². The van der Waals surface area contributed by atoms with Crippen molar-refractivity contribution in [2.45, 2.75) is 75.8 Å². The monoisotopic (exact) mass is 489 g/mol. The number of rotatable bonds is 4. The fourth-order valence-electron chi connectivity index (χ4n) is 5.47. The molecule has 0 aromatic heterocycles. The highest BCUT2D eigenvalue weighted by Gasteiger charge is 2.43. The van der Waals surface area contributed by atoms with E-state index in [0.717, 1.165) is 37.7 Å². The third-order valence-corrected chi connectivity index (χ3v) is 7.35. The number of urea groups is 1. The molecule has 2 bridgehead atoms. The first-order valence-corrected chi connectivity index (χ1v) is 12.0. The van der Waals surface area contributed by atoms with Crippen LogP contribution in [-0.4, -0.2) is 76.8 Å². The Hall–Kier alpha value is -3.08. The van der Waals surface area contributed by atoms with Crippen LogP contribution in [0.5, 0.6) is 0 Å². The number of amidine groups is 1. The van der Waals surface area contributed by atoms with Gasteiger partial charge in [-0.25, -0.2) is 4.79 Å². The van der Waals surface area contributed by atoms with E-state index in [2.05, 4.69) is 5.32 Å². The average Bonchev–Trinajstić information content (AvgIpc) is 3.14. The molecule has 9 nitrogen and oxygen atoms in total. The molecular weight excluding hydrogens is 460 g/mol. The molecular formula is C24H29F2N5O4. The Bertz CT molecular complexity index is 1060. The van der Waals surface area contributed by atoms with Gasteiger partial charge in [-0.05, 0) is 24.5 Å². The number of nitrogens with one attached hydrogen (secondary N) is 3.